The van der Waals surface area contributed by atoms with Gasteiger partial charge in [-0.15, -0.1) is 11.3 Å². The molecule has 2 aliphatic rings. The van der Waals surface area contributed by atoms with Gasteiger partial charge in [-0.25, -0.2) is 4.98 Å². The van der Waals surface area contributed by atoms with Crippen molar-refractivity contribution in [1.82, 2.24) is 15.2 Å². The topological polar surface area (TPSA) is 71.2 Å². The van der Waals surface area contributed by atoms with Crippen LogP contribution < -0.4 is 11.1 Å². The fourth-order valence-corrected chi connectivity index (χ4v) is 3.95. The number of nitrogens with zero attached hydrogens (tertiary/aromatic N) is 2. The molecule has 0 saturated carbocycles. The highest BCUT2D eigenvalue weighted by atomic mass is 32.1. The molecule has 2 saturated heterocycles. The van der Waals surface area contributed by atoms with Gasteiger partial charge in [-0.1, -0.05) is 0 Å². The number of anilines is 1. The summed E-state index contributed by atoms with van der Waals surface area (Å²) in [6, 6.07) is 1.44. The molecule has 0 aromatic carbocycles. The SMILES string of the molecule is CN1C2CCC1CC(CNC(=O)c1csc(N)n1)C2. The van der Waals surface area contributed by atoms with Gasteiger partial charge in [0.1, 0.15) is 5.69 Å². The van der Waals surface area contributed by atoms with Crippen LogP contribution in [-0.2, 0) is 0 Å². The second-order valence-electron chi connectivity index (χ2n) is 5.67. The molecule has 1 amide bonds. The van der Waals surface area contributed by atoms with E-state index in [4.69, 9.17) is 5.73 Å². The summed E-state index contributed by atoms with van der Waals surface area (Å²) in [6.07, 6.45) is 5.03. The van der Waals surface area contributed by atoms with Crippen molar-refractivity contribution in [2.45, 2.75) is 37.8 Å². The lowest BCUT2D eigenvalue weighted by Crippen LogP contribution is -2.43. The Labute approximate surface area is 117 Å². The molecule has 2 bridgehead atoms. The average molecular weight is 280 g/mol. The van der Waals surface area contributed by atoms with Crippen molar-refractivity contribution in [2.75, 3.05) is 19.3 Å². The number of nitrogens with two attached hydrogens (primary N) is 1. The Hall–Kier alpha value is -1.14. The van der Waals surface area contributed by atoms with E-state index in [1.807, 2.05) is 0 Å². The lowest BCUT2D eigenvalue weighted by Gasteiger charge is -2.36. The van der Waals surface area contributed by atoms with Gasteiger partial charge >= 0.3 is 0 Å². The highest BCUT2D eigenvalue weighted by Gasteiger charge is 2.38. The molecule has 0 radical (unpaired) electrons. The third kappa shape index (κ3) is 2.60. The minimum atomic E-state index is -0.0979. The van der Waals surface area contributed by atoms with Gasteiger partial charge < -0.3 is 16.0 Å². The molecule has 1 aromatic heterocycles. The van der Waals surface area contributed by atoms with Gasteiger partial charge in [-0.2, -0.15) is 0 Å². The van der Waals surface area contributed by atoms with Crippen LogP contribution in [0.2, 0.25) is 0 Å². The summed E-state index contributed by atoms with van der Waals surface area (Å²) >= 11 is 1.30. The number of nitrogens with one attached hydrogen (secondary N) is 1. The van der Waals surface area contributed by atoms with Gasteiger partial charge in [0.05, 0.1) is 0 Å². The van der Waals surface area contributed by atoms with Crippen LogP contribution in [0.15, 0.2) is 5.38 Å². The summed E-state index contributed by atoms with van der Waals surface area (Å²) in [5.41, 5.74) is 5.98. The minimum absolute atomic E-state index is 0.0979. The van der Waals surface area contributed by atoms with Gasteiger partial charge in [0.15, 0.2) is 5.13 Å². The number of aromatic nitrogens is 1. The van der Waals surface area contributed by atoms with Crippen molar-refractivity contribution in [3.8, 4) is 0 Å². The van der Waals surface area contributed by atoms with E-state index < -0.39 is 0 Å². The standard InChI is InChI=1S/C13H20N4OS/c1-17-9-2-3-10(17)5-8(4-9)6-15-12(18)11-7-19-13(14)16-11/h7-10H,2-6H2,1H3,(H2,14,16)(H,15,18). The maximum Gasteiger partial charge on any atom is 0.270 e. The molecule has 0 aliphatic carbocycles. The second-order valence-corrected chi connectivity index (χ2v) is 6.56. The Bertz CT molecular complexity index is 461. The summed E-state index contributed by atoms with van der Waals surface area (Å²) in [4.78, 5) is 18.4. The van der Waals surface area contributed by atoms with E-state index >= 15 is 0 Å². The van der Waals surface area contributed by atoms with E-state index in [1.165, 1.54) is 37.0 Å². The first-order valence-corrected chi connectivity index (χ1v) is 7.72. The monoisotopic (exact) mass is 280 g/mol. The van der Waals surface area contributed by atoms with Crippen LogP contribution in [0.25, 0.3) is 0 Å². The lowest BCUT2D eigenvalue weighted by atomic mass is 9.91. The number of hydrogen-bond donors (Lipinski definition) is 2. The molecular formula is C13H20N4OS. The van der Waals surface area contributed by atoms with Crippen molar-refractivity contribution in [3.63, 3.8) is 0 Å². The molecule has 1 aromatic rings. The first-order valence-electron chi connectivity index (χ1n) is 6.84. The average Bonchev–Trinajstić information content (AvgIpc) is 2.88. The summed E-state index contributed by atoms with van der Waals surface area (Å²) in [6.45, 7) is 0.761. The van der Waals surface area contributed by atoms with Crippen molar-refractivity contribution in [3.05, 3.63) is 11.1 Å². The van der Waals surface area contributed by atoms with Crippen molar-refractivity contribution < 1.29 is 4.79 Å². The predicted octanol–water partition coefficient (Wildman–Crippen LogP) is 1.33. The molecule has 3 heterocycles. The Balaban J connectivity index is 1.52. The van der Waals surface area contributed by atoms with Crippen molar-refractivity contribution >= 4 is 22.4 Å². The number of thiazole rings is 1. The molecule has 3 N–H and O–H groups in total. The molecule has 5 nitrogen and oxygen atoms in total. The van der Waals surface area contributed by atoms with Crippen LogP contribution in [0, 0.1) is 5.92 Å². The van der Waals surface area contributed by atoms with Gasteiger partial charge in [0.2, 0.25) is 0 Å². The van der Waals surface area contributed by atoms with E-state index in [2.05, 4.69) is 22.2 Å². The lowest BCUT2D eigenvalue weighted by molar-refractivity contribution is 0.0913. The van der Waals surface area contributed by atoms with Crippen LogP contribution in [0.3, 0.4) is 0 Å². The van der Waals surface area contributed by atoms with Gasteiger partial charge in [0.25, 0.3) is 5.91 Å². The summed E-state index contributed by atoms with van der Waals surface area (Å²) in [5, 5.41) is 5.15. The maximum absolute atomic E-state index is 11.9. The van der Waals surface area contributed by atoms with E-state index in [0.717, 1.165) is 18.6 Å². The van der Waals surface area contributed by atoms with Gasteiger partial charge in [0, 0.05) is 24.0 Å². The number of nitrogen functional groups attached to an aromatic ring is 1. The van der Waals surface area contributed by atoms with Gasteiger partial charge in [-0.05, 0) is 38.6 Å². The number of rotatable bonds is 3. The van der Waals surface area contributed by atoms with Crippen molar-refractivity contribution in [1.29, 1.82) is 0 Å². The Morgan fingerprint density at radius 2 is 2.21 bits per heavy atom. The quantitative estimate of drug-likeness (QED) is 0.876. The Morgan fingerprint density at radius 3 is 2.79 bits per heavy atom. The zero-order valence-corrected chi connectivity index (χ0v) is 11.9. The Morgan fingerprint density at radius 1 is 1.53 bits per heavy atom. The zero-order valence-electron chi connectivity index (χ0n) is 11.1. The van der Waals surface area contributed by atoms with Crippen molar-refractivity contribution in [2.24, 2.45) is 5.92 Å². The smallest absolute Gasteiger partial charge is 0.270 e. The largest absolute Gasteiger partial charge is 0.375 e. The summed E-state index contributed by atoms with van der Waals surface area (Å²) in [7, 11) is 2.23. The number of hydrogen-bond acceptors (Lipinski definition) is 5. The minimum Gasteiger partial charge on any atom is -0.375 e. The molecule has 2 aliphatic heterocycles. The number of carbonyl (C=O) groups excluding carboxylic acids is 1. The number of carbonyl (C=O) groups is 1. The molecule has 19 heavy (non-hydrogen) atoms. The van der Waals surface area contributed by atoms with Crippen LogP contribution in [0.5, 0.6) is 0 Å². The number of amides is 1. The van der Waals surface area contributed by atoms with E-state index in [-0.39, 0.29) is 5.91 Å². The highest BCUT2D eigenvalue weighted by molar-refractivity contribution is 7.13. The van der Waals surface area contributed by atoms with Crippen LogP contribution >= 0.6 is 11.3 Å². The van der Waals surface area contributed by atoms with E-state index in [1.54, 1.807) is 5.38 Å². The molecule has 104 valence electrons. The zero-order chi connectivity index (χ0) is 13.4. The molecule has 6 heteroatoms. The fraction of sp³-hybridized carbons (Fsp3) is 0.692. The van der Waals surface area contributed by atoms with Gasteiger partial charge in [-0.3, -0.25) is 4.79 Å². The van der Waals surface area contributed by atoms with E-state index in [9.17, 15) is 4.79 Å². The van der Waals surface area contributed by atoms with Crippen LogP contribution in [0.1, 0.15) is 36.2 Å². The van der Waals surface area contributed by atoms with Crippen LogP contribution in [-0.4, -0.2) is 41.5 Å². The summed E-state index contributed by atoms with van der Waals surface area (Å²) in [5.74, 6) is 0.507. The second kappa shape index (κ2) is 5.09. The predicted molar refractivity (Wildman–Crippen MR) is 76.2 cm³/mol. The van der Waals surface area contributed by atoms with Crippen LogP contribution in [0.4, 0.5) is 5.13 Å². The normalized spacial score (nSPS) is 30.5. The first kappa shape index (κ1) is 12.9. The molecular weight excluding hydrogens is 260 g/mol. The molecule has 3 rings (SSSR count). The molecule has 0 spiro atoms. The number of fused-ring (bicyclic) bond motifs is 2. The molecule has 2 fully saturated rings. The fourth-order valence-electron chi connectivity index (χ4n) is 3.41. The molecule has 2 unspecified atom stereocenters. The number of piperidine rings is 1. The first-order chi connectivity index (χ1) is 9.13. The van der Waals surface area contributed by atoms with E-state index in [0.29, 0.717) is 16.7 Å². The third-order valence-corrected chi connectivity index (χ3v) is 5.18. The summed E-state index contributed by atoms with van der Waals surface area (Å²) < 4.78 is 0. The third-order valence-electron chi connectivity index (χ3n) is 4.50. The molecule has 2 atom stereocenters. The Kier molecular flexibility index (Phi) is 3.45. The maximum atomic E-state index is 11.9. The highest BCUT2D eigenvalue weighted by Crippen LogP contribution is 2.37.